The molecule has 2 heterocycles. The quantitative estimate of drug-likeness (QED) is 0.658. The van der Waals surface area contributed by atoms with E-state index >= 15 is 0 Å². The first-order valence-corrected chi connectivity index (χ1v) is 4.86. The van der Waals surface area contributed by atoms with Crippen molar-refractivity contribution in [3.05, 3.63) is 26.9 Å². The summed E-state index contributed by atoms with van der Waals surface area (Å²) in [6, 6.07) is 1.98. The lowest BCUT2D eigenvalue weighted by Crippen LogP contribution is -2.11. The van der Waals surface area contributed by atoms with Crippen molar-refractivity contribution in [3.63, 3.8) is 0 Å². The van der Waals surface area contributed by atoms with Gasteiger partial charge < -0.3 is 4.74 Å². The Morgan fingerprint density at radius 1 is 1.58 bits per heavy atom. The van der Waals surface area contributed by atoms with E-state index in [9.17, 15) is 0 Å². The third-order valence-electron chi connectivity index (χ3n) is 1.84. The molecule has 0 amide bonds. The Morgan fingerprint density at radius 2 is 2.42 bits per heavy atom. The highest BCUT2D eigenvalue weighted by atomic mass is 79.9. The van der Waals surface area contributed by atoms with Crippen LogP contribution in [0, 0.1) is 0 Å². The molecule has 64 valence electrons. The lowest BCUT2D eigenvalue weighted by atomic mass is 10.1. The number of pyridine rings is 1. The fraction of sp³-hybridized carbons (Fsp3) is 0.375. The molecule has 0 bridgehead atoms. The van der Waals surface area contributed by atoms with Gasteiger partial charge in [0, 0.05) is 12.0 Å². The molecule has 0 fully saturated rings. The lowest BCUT2D eigenvalue weighted by Gasteiger charge is -2.15. The van der Waals surface area contributed by atoms with Crippen molar-refractivity contribution in [1.29, 1.82) is 0 Å². The van der Waals surface area contributed by atoms with Gasteiger partial charge in [0.1, 0.15) is 5.15 Å². The summed E-state index contributed by atoms with van der Waals surface area (Å²) in [6.07, 6.45) is 0.863. The molecule has 4 heteroatoms. The highest BCUT2D eigenvalue weighted by Gasteiger charge is 2.12. The largest absolute Gasteiger partial charge is 0.376 e. The summed E-state index contributed by atoms with van der Waals surface area (Å²) < 4.78 is 6.13. The number of fused-ring (bicyclic) bond motifs is 1. The van der Waals surface area contributed by atoms with E-state index < -0.39 is 0 Å². The van der Waals surface area contributed by atoms with Gasteiger partial charge in [0.2, 0.25) is 0 Å². The molecule has 1 aliphatic heterocycles. The molecule has 0 radical (unpaired) electrons. The lowest BCUT2D eigenvalue weighted by molar-refractivity contribution is 0.109. The molecule has 1 aliphatic rings. The fourth-order valence-corrected chi connectivity index (χ4v) is 1.75. The van der Waals surface area contributed by atoms with Crippen molar-refractivity contribution in [2.45, 2.75) is 13.0 Å². The number of hydrogen-bond donors (Lipinski definition) is 0. The van der Waals surface area contributed by atoms with Crippen LogP contribution in [-0.4, -0.2) is 11.6 Å². The van der Waals surface area contributed by atoms with Crippen LogP contribution >= 0.6 is 27.5 Å². The maximum Gasteiger partial charge on any atom is 0.143 e. The molecule has 0 saturated carbocycles. The SMILES string of the molecule is Clc1nc2c(cc1Br)COCC2. The van der Waals surface area contributed by atoms with Crippen molar-refractivity contribution in [2.24, 2.45) is 0 Å². The van der Waals surface area contributed by atoms with Crippen molar-refractivity contribution < 1.29 is 4.74 Å². The highest BCUT2D eigenvalue weighted by Crippen LogP contribution is 2.25. The van der Waals surface area contributed by atoms with Gasteiger partial charge in [-0.05, 0) is 22.0 Å². The number of halogens is 2. The number of hydrogen-bond acceptors (Lipinski definition) is 2. The third kappa shape index (κ3) is 1.49. The average Bonchev–Trinajstić information content (AvgIpc) is 2.07. The number of ether oxygens (including phenoxy) is 1. The van der Waals surface area contributed by atoms with E-state index in [2.05, 4.69) is 20.9 Å². The van der Waals surface area contributed by atoms with Crippen molar-refractivity contribution in [1.82, 2.24) is 4.98 Å². The second kappa shape index (κ2) is 3.32. The van der Waals surface area contributed by atoms with E-state index in [1.807, 2.05) is 6.07 Å². The predicted octanol–water partition coefficient (Wildman–Crippen LogP) is 2.57. The van der Waals surface area contributed by atoms with Crippen LogP contribution in [0.25, 0.3) is 0 Å². The summed E-state index contributed by atoms with van der Waals surface area (Å²) in [7, 11) is 0. The molecule has 0 aromatic carbocycles. The monoisotopic (exact) mass is 247 g/mol. The van der Waals surface area contributed by atoms with Crippen LogP contribution < -0.4 is 0 Å². The first-order chi connectivity index (χ1) is 5.77. The minimum atomic E-state index is 0.538. The Labute approximate surface area is 84.0 Å². The van der Waals surface area contributed by atoms with Crippen LogP contribution in [0.2, 0.25) is 5.15 Å². The molecule has 0 aliphatic carbocycles. The first-order valence-electron chi connectivity index (χ1n) is 3.69. The van der Waals surface area contributed by atoms with Crippen LogP contribution in [0.4, 0.5) is 0 Å². The van der Waals surface area contributed by atoms with E-state index in [1.54, 1.807) is 0 Å². The van der Waals surface area contributed by atoms with Gasteiger partial charge in [-0.15, -0.1) is 0 Å². The molecule has 0 N–H and O–H groups in total. The molecule has 2 rings (SSSR count). The van der Waals surface area contributed by atoms with Gasteiger partial charge in [0.05, 0.1) is 23.4 Å². The van der Waals surface area contributed by atoms with E-state index in [0.717, 1.165) is 28.8 Å². The molecule has 0 unspecified atom stereocenters. The Balaban J connectivity index is 2.49. The smallest absolute Gasteiger partial charge is 0.143 e. The van der Waals surface area contributed by atoms with Gasteiger partial charge in [-0.25, -0.2) is 4.98 Å². The Morgan fingerprint density at radius 3 is 3.25 bits per heavy atom. The minimum absolute atomic E-state index is 0.538. The van der Waals surface area contributed by atoms with Gasteiger partial charge in [0.15, 0.2) is 0 Å². The Kier molecular flexibility index (Phi) is 2.35. The van der Waals surface area contributed by atoms with Gasteiger partial charge >= 0.3 is 0 Å². The van der Waals surface area contributed by atoms with Crippen molar-refractivity contribution in [3.8, 4) is 0 Å². The van der Waals surface area contributed by atoms with Crippen LogP contribution in [0.3, 0.4) is 0 Å². The van der Waals surface area contributed by atoms with Crippen LogP contribution in [0.15, 0.2) is 10.5 Å². The first kappa shape index (κ1) is 8.48. The van der Waals surface area contributed by atoms with E-state index in [1.165, 1.54) is 0 Å². The molecule has 12 heavy (non-hydrogen) atoms. The van der Waals surface area contributed by atoms with Gasteiger partial charge in [0.25, 0.3) is 0 Å². The van der Waals surface area contributed by atoms with Crippen LogP contribution in [-0.2, 0) is 17.8 Å². The number of aromatic nitrogens is 1. The predicted molar refractivity (Wildman–Crippen MR) is 50.3 cm³/mol. The second-order valence-electron chi connectivity index (χ2n) is 2.67. The third-order valence-corrected chi connectivity index (χ3v) is 2.96. The van der Waals surface area contributed by atoms with Crippen molar-refractivity contribution >= 4 is 27.5 Å². The normalized spacial score (nSPS) is 15.8. The summed E-state index contributed by atoms with van der Waals surface area (Å²) in [4.78, 5) is 4.25. The van der Waals surface area contributed by atoms with E-state index in [4.69, 9.17) is 16.3 Å². The zero-order valence-corrected chi connectivity index (χ0v) is 8.65. The zero-order valence-electron chi connectivity index (χ0n) is 6.31. The number of nitrogens with zero attached hydrogens (tertiary/aromatic N) is 1. The maximum absolute atomic E-state index is 5.85. The molecular formula is C8H7BrClNO. The number of rotatable bonds is 0. The maximum atomic E-state index is 5.85. The Hall–Kier alpha value is -0.120. The molecular weight excluding hydrogens is 241 g/mol. The Bertz CT molecular complexity index is 285. The molecule has 0 saturated heterocycles. The van der Waals surface area contributed by atoms with Gasteiger partial charge in [-0.2, -0.15) is 0 Å². The molecule has 1 aromatic rings. The molecule has 0 atom stereocenters. The van der Waals surface area contributed by atoms with E-state index in [0.29, 0.717) is 11.8 Å². The van der Waals surface area contributed by atoms with Crippen LogP contribution in [0.1, 0.15) is 11.3 Å². The molecule has 1 aromatic heterocycles. The fourth-order valence-electron chi connectivity index (χ4n) is 1.23. The molecule has 0 spiro atoms. The molecule has 2 nitrogen and oxygen atoms in total. The minimum Gasteiger partial charge on any atom is -0.376 e. The summed E-state index contributed by atoms with van der Waals surface area (Å²) in [6.45, 7) is 1.40. The van der Waals surface area contributed by atoms with Gasteiger partial charge in [-0.1, -0.05) is 11.6 Å². The summed E-state index contributed by atoms with van der Waals surface area (Å²) in [5.74, 6) is 0. The zero-order chi connectivity index (χ0) is 8.55. The average molecular weight is 249 g/mol. The van der Waals surface area contributed by atoms with Crippen LogP contribution in [0.5, 0.6) is 0 Å². The second-order valence-corrected chi connectivity index (χ2v) is 3.88. The summed E-state index contributed by atoms with van der Waals surface area (Å²) in [5.41, 5.74) is 2.20. The topological polar surface area (TPSA) is 22.1 Å². The summed E-state index contributed by atoms with van der Waals surface area (Å²) >= 11 is 9.17. The summed E-state index contributed by atoms with van der Waals surface area (Å²) in [5, 5.41) is 0.538. The highest BCUT2D eigenvalue weighted by molar-refractivity contribution is 9.10. The van der Waals surface area contributed by atoms with E-state index in [-0.39, 0.29) is 0 Å². The van der Waals surface area contributed by atoms with Crippen molar-refractivity contribution in [2.75, 3.05) is 6.61 Å². The van der Waals surface area contributed by atoms with Gasteiger partial charge in [-0.3, -0.25) is 0 Å². The standard InChI is InChI=1S/C8H7BrClNO/c9-6-3-5-4-12-2-1-7(5)11-8(6)10/h3H,1-2,4H2.